The molecule has 2 amide bonds. The van der Waals surface area contributed by atoms with Crippen LogP contribution in [0.5, 0.6) is 0 Å². The summed E-state index contributed by atoms with van der Waals surface area (Å²) in [6.07, 6.45) is -21.6. The third-order valence-electron chi connectivity index (χ3n) is 6.96. The van der Waals surface area contributed by atoms with E-state index in [1.54, 1.807) is 0 Å². The first-order valence-electron chi connectivity index (χ1n) is 12.8. The maximum Gasteiger partial charge on any atom is 0.311 e. The second-order valence-corrected chi connectivity index (χ2v) is 10.0. The molecule has 0 unspecified atom stereocenters. The average molecular weight is 619 g/mol. The van der Waals surface area contributed by atoms with Gasteiger partial charge < -0.3 is 80.6 Å². The topological polar surface area (TPSA) is 316 Å². The fraction of sp³-hybridized carbons (Fsp3) is 0.909. The van der Waals surface area contributed by atoms with Gasteiger partial charge in [-0.1, -0.05) is 0 Å². The summed E-state index contributed by atoms with van der Waals surface area (Å²) in [6, 6.07) is -3.06. The zero-order chi connectivity index (χ0) is 31.5. The van der Waals surface area contributed by atoms with Crippen molar-refractivity contribution in [2.75, 3.05) is 19.8 Å². The van der Waals surface area contributed by atoms with Crippen LogP contribution in [-0.2, 0) is 38.3 Å². The minimum Gasteiger partial charge on any atom is -0.394 e. The minimum absolute atomic E-state index is 0.647. The van der Waals surface area contributed by atoms with E-state index in [-0.39, 0.29) is 0 Å². The molecule has 0 saturated carbocycles. The molecule has 0 aliphatic carbocycles. The van der Waals surface area contributed by atoms with E-state index < -0.39 is 123 Å². The standard InChI is InChI=1S/C22H38N2O18/c1-6(28)23-11-14(31)18(10(5-27)37-20(11)35)41-42-21-12(24-7(2)29)15(32)17(9(4-26)38-21)40-22(36)19(34)16(33)13(30)8(3-25)39-22/h8-21,25-27,30-36H,3-5H2,1-2H3,(H,23,28)(H,24,29)/t8-,9-,10-,11-,12-,13-,14-,15-,16+,17-,18-,19+,20-,21+,22+/m1/s1. The van der Waals surface area contributed by atoms with Crippen molar-refractivity contribution < 1.29 is 89.4 Å². The van der Waals surface area contributed by atoms with Crippen molar-refractivity contribution in [2.45, 2.75) is 106 Å². The number of ether oxygens (including phenoxy) is 4. The molecule has 15 atom stereocenters. The van der Waals surface area contributed by atoms with Crippen LogP contribution in [0.15, 0.2) is 0 Å². The molecule has 12 N–H and O–H groups in total. The van der Waals surface area contributed by atoms with Gasteiger partial charge in [0.15, 0.2) is 12.4 Å². The number of aliphatic hydroxyl groups is 10. The number of amides is 2. The highest BCUT2D eigenvalue weighted by atomic mass is 17.2. The van der Waals surface area contributed by atoms with Gasteiger partial charge in [0.25, 0.3) is 0 Å². The summed E-state index contributed by atoms with van der Waals surface area (Å²) < 4.78 is 21.1. The van der Waals surface area contributed by atoms with E-state index in [1.165, 1.54) is 0 Å². The molecule has 3 aliphatic rings. The maximum absolute atomic E-state index is 11.9. The molecule has 0 spiro atoms. The van der Waals surface area contributed by atoms with Gasteiger partial charge in [-0.05, 0) is 0 Å². The molecule has 0 bridgehead atoms. The second-order valence-electron chi connectivity index (χ2n) is 10.0. The lowest BCUT2D eigenvalue weighted by Crippen LogP contribution is -2.71. The molecular weight excluding hydrogens is 580 g/mol. The summed E-state index contributed by atoms with van der Waals surface area (Å²) in [4.78, 5) is 33.9. The first kappa shape index (κ1) is 34.8. The van der Waals surface area contributed by atoms with E-state index in [9.17, 15) is 60.7 Å². The van der Waals surface area contributed by atoms with Gasteiger partial charge in [-0.2, -0.15) is 0 Å². The molecule has 3 rings (SSSR count). The normalized spacial score (nSPS) is 46.2. The number of carbonyl (C=O) groups is 2. The molecule has 3 fully saturated rings. The highest BCUT2D eigenvalue weighted by Gasteiger charge is 2.58. The monoisotopic (exact) mass is 618 g/mol. The lowest BCUT2D eigenvalue weighted by molar-refractivity contribution is -0.485. The molecule has 0 aromatic carbocycles. The lowest BCUT2D eigenvalue weighted by atomic mass is 9.95. The average Bonchev–Trinajstić information content (AvgIpc) is 2.93. The molecule has 20 nitrogen and oxygen atoms in total. The number of carbonyl (C=O) groups excluding carboxylic acids is 2. The van der Waals surface area contributed by atoms with Gasteiger partial charge in [0.1, 0.15) is 67.0 Å². The van der Waals surface area contributed by atoms with Crippen molar-refractivity contribution in [3.05, 3.63) is 0 Å². The quantitative estimate of drug-likeness (QED) is 0.0614. The molecule has 3 heterocycles. The molecule has 0 radical (unpaired) electrons. The molecule has 0 aromatic heterocycles. The fourth-order valence-electron chi connectivity index (χ4n) is 4.81. The number of hydrogen-bond donors (Lipinski definition) is 12. The van der Waals surface area contributed by atoms with Crippen LogP contribution in [0.25, 0.3) is 0 Å². The molecule has 42 heavy (non-hydrogen) atoms. The zero-order valence-corrected chi connectivity index (χ0v) is 22.4. The van der Waals surface area contributed by atoms with Crippen LogP contribution in [0.4, 0.5) is 0 Å². The predicted octanol–water partition coefficient (Wildman–Crippen LogP) is -8.03. The van der Waals surface area contributed by atoms with E-state index in [0.29, 0.717) is 0 Å². The third-order valence-corrected chi connectivity index (χ3v) is 6.96. The Labute approximate surface area is 237 Å². The van der Waals surface area contributed by atoms with Crippen LogP contribution < -0.4 is 10.6 Å². The Bertz CT molecular complexity index is 915. The Balaban J connectivity index is 1.82. The van der Waals surface area contributed by atoms with Gasteiger partial charge in [0.2, 0.25) is 18.1 Å². The summed E-state index contributed by atoms with van der Waals surface area (Å²) in [6.45, 7) is -0.544. The first-order valence-corrected chi connectivity index (χ1v) is 12.8. The fourth-order valence-corrected chi connectivity index (χ4v) is 4.81. The largest absolute Gasteiger partial charge is 0.394 e. The highest BCUT2D eigenvalue weighted by molar-refractivity contribution is 5.73. The van der Waals surface area contributed by atoms with Crippen LogP contribution >= 0.6 is 0 Å². The Morgan fingerprint density at radius 1 is 0.714 bits per heavy atom. The number of aliphatic hydroxyl groups excluding tert-OH is 9. The van der Waals surface area contributed by atoms with Crippen molar-refractivity contribution in [1.29, 1.82) is 0 Å². The van der Waals surface area contributed by atoms with Gasteiger partial charge in [0.05, 0.1) is 19.8 Å². The van der Waals surface area contributed by atoms with Crippen molar-refractivity contribution in [3.8, 4) is 0 Å². The smallest absolute Gasteiger partial charge is 0.311 e. The van der Waals surface area contributed by atoms with Crippen LogP contribution in [0.2, 0.25) is 0 Å². The van der Waals surface area contributed by atoms with Crippen molar-refractivity contribution >= 4 is 11.8 Å². The van der Waals surface area contributed by atoms with Gasteiger partial charge in [0, 0.05) is 13.8 Å². The second kappa shape index (κ2) is 14.4. The maximum atomic E-state index is 11.9. The Morgan fingerprint density at radius 2 is 1.24 bits per heavy atom. The number of hydrogen-bond acceptors (Lipinski definition) is 18. The van der Waals surface area contributed by atoms with E-state index in [2.05, 4.69) is 10.6 Å². The molecule has 0 aromatic rings. The highest BCUT2D eigenvalue weighted by Crippen LogP contribution is 2.35. The molecular formula is C22H38N2O18. The molecule has 3 aliphatic heterocycles. The van der Waals surface area contributed by atoms with Gasteiger partial charge in [-0.25, -0.2) is 9.78 Å². The molecule has 244 valence electrons. The number of rotatable bonds is 10. The summed E-state index contributed by atoms with van der Waals surface area (Å²) in [5.74, 6) is -4.57. The summed E-state index contributed by atoms with van der Waals surface area (Å²) in [5.41, 5.74) is 0. The molecule has 20 heteroatoms. The van der Waals surface area contributed by atoms with E-state index in [4.69, 9.17) is 28.7 Å². The number of nitrogens with one attached hydrogen (secondary N) is 2. The van der Waals surface area contributed by atoms with Crippen molar-refractivity contribution in [3.63, 3.8) is 0 Å². The Kier molecular flexibility index (Phi) is 11.9. The first-order chi connectivity index (χ1) is 19.7. The predicted molar refractivity (Wildman–Crippen MR) is 127 cm³/mol. The van der Waals surface area contributed by atoms with Gasteiger partial charge in [-0.3, -0.25) is 9.59 Å². The third kappa shape index (κ3) is 7.32. The SMILES string of the molecule is CC(=O)N[C@@H]1[C@@H](O)[C@H](OO[C@@H]2O[C@H](CO)[C@@H](O[C@@]3(O)O[C@H](CO)[C@@H](O)[C@H](O)[C@@H]3O)[C@H](O)[C@H]2NC(C)=O)[C@@H](CO)O[C@H]1O. The van der Waals surface area contributed by atoms with Gasteiger partial charge >= 0.3 is 5.97 Å². The summed E-state index contributed by atoms with van der Waals surface area (Å²) in [7, 11) is 0. The van der Waals surface area contributed by atoms with E-state index in [0.717, 1.165) is 13.8 Å². The minimum atomic E-state index is -3.17. The molecule has 3 saturated heterocycles. The zero-order valence-electron chi connectivity index (χ0n) is 22.4. The van der Waals surface area contributed by atoms with Crippen LogP contribution in [-0.4, -0.2) is 174 Å². The van der Waals surface area contributed by atoms with Crippen LogP contribution in [0.3, 0.4) is 0 Å². The van der Waals surface area contributed by atoms with E-state index in [1.807, 2.05) is 0 Å². The lowest BCUT2D eigenvalue weighted by Gasteiger charge is -2.49. The Morgan fingerprint density at radius 3 is 1.79 bits per heavy atom. The summed E-state index contributed by atoms with van der Waals surface area (Å²) in [5, 5.41) is 107. The van der Waals surface area contributed by atoms with E-state index >= 15 is 0 Å². The van der Waals surface area contributed by atoms with Crippen molar-refractivity contribution in [1.82, 2.24) is 10.6 Å². The van der Waals surface area contributed by atoms with Crippen LogP contribution in [0, 0.1) is 0 Å². The Hall–Kier alpha value is -1.70. The van der Waals surface area contributed by atoms with Crippen LogP contribution in [0.1, 0.15) is 13.8 Å². The summed E-state index contributed by atoms with van der Waals surface area (Å²) >= 11 is 0. The van der Waals surface area contributed by atoms with Crippen molar-refractivity contribution in [2.24, 2.45) is 0 Å². The van der Waals surface area contributed by atoms with Gasteiger partial charge in [-0.15, -0.1) is 0 Å².